The lowest BCUT2D eigenvalue weighted by Gasteiger charge is -2.05. The van der Waals surface area contributed by atoms with Gasteiger partial charge in [0.15, 0.2) is 0 Å². The lowest BCUT2D eigenvalue weighted by atomic mass is 10.2. The van der Waals surface area contributed by atoms with E-state index in [1.807, 2.05) is 0 Å². The van der Waals surface area contributed by atoms with Gasteiger partial charge in [-0.25, -0.2) is 0 Å². The van der Waals surface area contributed by atoms with E-state index in [4.69, 9.17) is 11.6 Å². The van der Waals surface area contributed by atoms with Crippen LogP contribution in [0.1, 0.15) is 10.4 Å². The Balaban J connectivity index is 1.86. The number of anilines is 1. The van der Waals surface area contributed by atoms with Gasteiger partial charge in [0, 0.05) is 16.3 Å². The molecule has 0 saturated carbocycles. The quantitative estimate of drug-likeness (QED) is 0.761. The fourth-order valence-corrected chi connectivity index (χ4v) is 2.73. The average molecular weight is 305 g/mol. The minimum absolute atomic E-state index is 0.110. The number of carbonyl (C=O) groups is 1. The number of nitrogens with one attached hydrogen (secondary N) is 2. The molecule has 0 aliphatic rings. The monoisotopic (exact) mass is 304 g/mol. The van der Waals surface area contributed by atoms with Crippen LogP contribution in [0.2, 0.25) is 5.02 Å². The molecule has 1 amide bonds. The van der Waals surface area contributed by atoms with E-state index in [-0.39, 0.29) is 10.8 Å². The van der Waals surface area contributed by atoms with Crippen molar-refractivity contribution in [1.29, 1.82) is 0 Å². The molecule has 0 aliphatic carbocycles. The second kappa shape index (κ2) is 5.11. The molecule has 0 spiro atoms. The molecule has 2 N–H and O–H groups in total. The van der Waals surface area contributed by atoms with Crippen molar-refractivity contribution in [3.63, 3.8) is 0 Å². The van der Waals surface area contributed by atoms with E-state index in [0.717, 1.165) is 21.6 Å². The molecule has 0 radical (unpaired) electrons. The highest BCUT2D eigenvalue weighted by Gasteiger charge is 2.07. The topological polar surface area (TPSA) is 62.0 Å². The summed E-state index contributed by atoms with van der Waals surface area (Å²) in [7, 11) is 0. The van der Waals surface area contributed by atoms with Crippen LogP contribution in [-0.2, 0) is 0 Å². The molecule has 0 fully saturated rings. The molecule has 2 aromatic carbocycles. The van der Waals surface area contributed by atoms with Crippen LogP contribution in [0, 0.1) is 0 Å². The Bertz CT molecular complexity index is 836. The molecular weight excluding hydrogens is 296 g/mol. The van der Waals surface area contributed by atoms with E-state index in [9.17, 15) is 9.59 Å². The zero-order valence-corrected chi connectivity index (χ0v) is 11.7. The lowest BCUT2D eigenvalue weighted by Crippen LogP contribution is -2.11. The molecule has 3 rings (SSSR count). The second-order valence-electron chi connectivity index (χ2n) is 4.19. The first-order valence-corrected chi connectivity index (χ1v) is 7.01. The van der Waals surface area contributed by atoms with Crippen molar-refractivity contribution in [3.05, 3.63) is 62.7 Å². The Labute approximate surface area is 123 Å². The molecule has 6 heteroatoms. The zero-order chi connectivity index (χ0) is 14.1. The summed E-state index contributed by atoms with van der Waals surface area (Å²) in [6, 6.07) is 11.9. The minimum atomic E-state index is -0.219. The fraction of sp³-hybridized carbons (Fsp3) is 0. The van der Waals surface area contributed by atoms with Crippen molar-refractivity contribution in [2.45, 2.75) is 0 Å². The standard InChI is InChI=1S/C14H9ClN2O2S/c15-9-3-1-8(2-4-9)13(18)16-10-5-6-11-12(7-10)20-14(19)17-11/h1-7H,(H,16,18)(H,17,19). The molecule has 20 heavy (non-hydrogen) atoms. The van der Waals surface area contributed by atoms with Gasteiger partial charge in [-0.2, -0.15) is 0 Å². The summed E-state index contributed by atoms with van der Waals surface area (Å²) >= 11 is 6.89. The van der Waals surface area contributed by atoms with Crippen LogP contribution in [0.5, 0.6) is 0 Å². The molecule has 0 atom stereocenters. The zero-order valence-electron chi connectivity index (χ0n) is 10.1. The van der Waals surface area contributed by atoms with Gasteiger partial charge in [0.05, 0.1) is 10.2 Å². The van der Waals surface area contributed by atoms with Crippen LogP contribution >= 0.6 is 22.9 Å². The predicted octanol–water partition coefficient (Wildman–Crippen LogP) is 3.50. The smallest absolute Gasteiger partial charge is 0.305 e. The van der Waals surface area contributed by atoms with Gasteiger partial charge in [0.2, 0.25) is 0 Å². The van der Waals surface area contributed by atoms with Crippen molar-refractivity contribution >= 4 is 44.7 Å². The van der Waals surface area contributed by atoms with Crippen molar-refractivity contribution in [2.75, 3.05) is 5.32 Å². The Hall–Kier alpha value is -2.11. The third-order valence-electron chi connectivity index (χ3n) is 2.79. The van der Waals surface area contributed by atoms with E-state index in [0.29, 0.717) is 16.3 Å². The van der Waals surface area contributed by atoms with Crippen LogP contribution in [0.15, 0.2) is 47.3 Å². The lowest BCUT2D eigenvalue weighted by molar-refractivity contribution is 0.102. The Morgan fingerprint density at radius 1 is 1.15 bits per heavy atom. The first kappa shape index (κ1) is 12.9. The third-order valence-corrected chi connectivity index (χ3v) is 3.88. The summed E-state index contributed by atoms with van der Waals surface area (Å²) in [5.74, 6) is -0.219. The number of hydrogen-bond donors (Lipinski definition) is 2. The number of hydrogen-bond acceptors (Lipinski definition) is 3. The highest BCUT2D eigenvalue weighted by molar-refractivity contribution is 7.16. The van der Waals surface area contributed by atoms with E-state index >= 15 is 0 Å². The maximum atomic E-state index is 12.0. The van der Waals surface area contributed by atoms with Crippen LogP contribution in [0.3, 0.4) is 0 Å². The first-order valence-electron chi connectivity index (χ1n) is 5.81. The highest BCUT2D eigenvalue weighted by Crippen LogP contribution is 2.20. The molecule has 0 saturated heterocycles. The molecule has 1 aromatic heterocycles. The van der Waals surface area contributed by atoms with Crippen molar-refractivity contribution < 1.29 is 4.79 Å². The average Bonchev–Trinajstić information content (AvgIpc) is 2.78. The number of aromatic nitrogens is 1. The predicted molar refractivity (Wildman–Crippen MR) is 81.9 cm³/mol. The van der Waals surface area contributed by atoms with Crippen molar-refractivity contribution in [3.8, 4) is 0 Å². The second-order valence-corrected chi connectivity index (χ2v) is 5.64. The maximum Gasteiger partial charge on any atom is 0.305 e. The number of aromatic amines is 1. The van der Waals surface area contributed by atoms with Crippen molar-refractivity contribution in [2.24, 2.45) is 0 Å². The molecule has 100 valence electrons. The van der Waals surface area contributed by atoms with Gasteiger partial charge in [-0.1, -0.05) is 22.9 Å². The number of rotatable bonds is 2. The van der Waals surface area contributed by atoms with Gasteiger partial charge in [-0.15, -0.1) is 0 Å². The highest BCUT2D eigenvalue weighted by atomic mass is 35.5. The number of benzene rings is 2. The largest absolute Gasteiger partial charge is 0.322 e. The number of H-pyrrole nitrogens is 1. The van der Waals surface area contributed by atoms with Crippen LogP contribution < -0.4 is 10.2 Å². The maximum absolute atomic E-state index is 12.0. The number of halogens is 1. The summed E-state index contributed by atoms with van der Waals surface area (Å²) in [6.45, 7) is 0. The van der Waals surface area contributed by atoms with E-state index in [1.165, 1.54) is 0 Å². The molecular formula is C14H9ClN2O2S. The SMILES string of the molecule is O=C(Nc1ccc2[nH]c(=O)sc2c1)c1ccc(Cl)cc1. The number of thiazole rings is 1. The third kappa shape index (κ3) is 2.59. The summed E-state index contributed by atoms with van der Waals surface area (Å²) in [5, 5.41) is 3.37. The van der Waals surface area contributed by atoms with E-state index < -0.39 is 0 Å². The molecule has 4 nitrogen and oxygen atoms in total. The Kier molecular flexibility index (Phi) is 3.30. The summed E-state index contributed by atoms with van der Waals surface area (Å²) in [5.41, 5.74) is 1.94. The molecule has 0 bridgehead atoms. The van der Waals surface area contributed by atoms with Gasteiger partial charge in [0.1, 0.15) is 0 Å². The first-order chi connectivity index (χ1) is 9.61. The number of amides is 1. The molecule has 3 aromatic rings. The Morgan fingerprint density at radius 2 is 1.90 bits per heavy atom. The van der Waals surface area contributed by atoms with E-state index in [2.05, 4.69) is 10.3 Å². The van der Waals surface area contributed by atoms with Crippen LogP contribution in [0.4, 0.5) is 5.69 Å². The van der Waals surface area contributed by atoms with Crippen LogP contribution in [-0.4, -0.2) is 10.9 Å². The normalized spacial score (nSPS) is 10.7. The van der Waals surface area contributed by atoms with E-state index in [1.54, 1.807) is 42.5 Å². The van der Waals surface area contributed by atoms with Crippen molar-refractivity contribution in [1.82, 2.24) is 4.98 Å². The summed E-state index contributed by atoms with van der Waals surface area (Å²) in [4.78, 5) is 25.9. The number of fused-ring (bicyclic) bond motifs is 1. The summed E-state index contributed by atoms with van der Waals surface area (Å²) < 4.78 is 0.809. The molecule has 0 unspecified atom stereocenters. The molecule has 0 aliphatic heterocycles. The molecule has 1 heterocycles. The van der Waals surface area contributed by atoms with Gasteiger partial charge in [-0.3, -0.25) is 9.59 Å². The van der Waals surface area contributed by atoms with Gasteiger partial charge >= 0.3 is 4.87 Å². The van der Waals surface area contributed by atoms with Crippen LogP contribution in [0.25, 0.3) is 10.2 Å². The summed E-state index contributed by atoms with van der Waals surface area (Å²) in [6.07, 6.45) is 0. The Morgan fingerprint density at radius 3 is 2.65 bits per heavy atom. The van der Waals surface area contributed by atoms with Gasteiger partial charge in [0.25, 0.3) is 5.91 Å². The fourth-order valence-electron chi connectivity index (χ4n) is 1.83. The van der Waals surface area contributed by atoms with Gasteiger partial charge < -0.3 is 10.3 Å². The number of carbonyl (C=O) groups excluding carboxylic acids is 1. The minimum Gasteiger partial charge on any atom is -0.322 e. The van der Waals surface area contributed by atoms with Gasteiger partial charge in [-0.05, 0) is 42.5 Å².